The molecule has 13 heavy (non-hydrogen) atoms. The third-order valence-corrected chi connectivity index (χ3v) is 2.15. The molecule has 0 aliphatic heterocycles. The highest BCUT2D eigenvalue weighted by atomic mass is 35.5. The Morgan fingerprint density at radius 1 is 1.31 bits per heavy atom. The molecule has 1 aromatic rings. The average Bonchev–Trinajstić information content (AvgIpc) is 2.09. The van der Waals surface area contributed by atoms with Crippen LogP contribution in [0.25, 0.3) is 0 Å². The predicted octanol–water partition coefficient (Wildman–Crippen LogP) is 2.87. The second-order valence-electron chi connectivity index (χ2n) is 2.62. The number of nitrogens with one attached hydrogen (secondary N) is 1. The Morgan fingerprint density at radius 2 is 1.92 bits per heavy atom. The van der Waals surface area contributed by atoms with Crippen molar-refractivity contribution in [2.45, 2.75) is 12.5 Å². The molecule has 0 saturated carbocycles. The van der Waals surface area contributed by atoms with Crippen LogP contribution in [0, 0.1) is 0 Å². The molecular formula is C9H10ClF2N. The summed E-state index contributed by atoms with van der Waals surface area (Å²) in [6, 6.07) is 5.60. The molecule has 0 aromatic heterocycles. The summed E-state index contributed by atoms with van der Waals surface area (Å²) in [5, 5.41) is 2.89. The van der Waals surface area contributed by atoms with E-state index >= 15 is 0 Å². The van der Waals surface area contributed by atoms with Crippen molar-refractivity contribution in [3.05, 3.63) is 34.9 Å². The number of halogens is 3. The van der Waals surface area contributed by atoms with Gasteiger partial charge in [-0.1, -0.05) is 29.8 Å². The molecule has 0 amide bonds. The second kappa shape index (κ2) is 4.53. The van der Waals surface area contributed by atoms with Gasteiger partial charge in [0.15, 0.2) is 0 Å². The van der Waals surface area contributed by atoms with E-state index in [0.29, 0.717) is 10.6 Å². The first kappa shape index (κ1) is 10.4. The molecule has 0 aliphatic rings. The van der Waals surface area contributed by atoms with E-state index in [0.717, 1.165) is 0 Å². The van der Waals surface area contributed by atoms with E-state index in [1.165, 1.54) is 7.05 Å². The zero-order valence-electron chi connectivity index (χ0n) is 7.10. The smallest absolute Gasteiger partial charge is 0.257 e. The van der Waals surface area contributed by atoms with Crippen molar-refractivity contribution in [3.63, 3.8) is 0 Å². The lowest BCUT2D eigenvalue weighted by Gasteiger charge is -2.16. The summed E-state index contributed by atoms with van der Waals surface area (Å²) in [5.41, 5.74) is 0.432. The third-order valence-electron chi connectivity index (χ3n) is 1.80. The van der Waals surface area contributed by atoms with Crippen LogP contribution in [0.15, 0.2) is 24.3 Å². The van der Waals surface area contributed by atoms with Crippen LogP contribution in [-0.4, -0.2) is 13.5 Å². The summed E-state index contributed by atoms with van der Waals surface area (Å²) >= 11 is 5.77. The Labute approximate surface area is 80.7 Å². The summed E-state index contributed by atoms with van der Waals surface area (Å²) in [5.74, 6) is 0. The summed E-state index contributed by atoms with van der Waals surface area (Å²) in [7, 11) is 1.49. The maximum Gasteiger partial charge on any atom is 0.257 e. The van der Waals surface area contributed by atoms with Crippen LogP contribution in [0.2, 0.25) is 5.02 Å². The van der Waals surface area contributed by atoms with Crippen LogP contribution >= 0.6 is 11.6 Å². The van der Waals surface area contributed by atoms with Gasteiger partial charge >= 0.3 is 0 Å². The quantitative estimate of drug-likeness (QED) is 0.800. The lowest BCUT2D eigenvalue weighted by molar-refractivity contribution is 0.102. The molecule has 0 aliphatic carbocycles. The molecule has 1 atom stereocenters. The van der Waals surface area contributed by atoms with E-state index in [4.69, 9.17) is 11.6 Å². The lowest BCUT2D eigenvalue weighted by atomic mass is 10.1. The summed E-state index contributed by atoms with van der Waals surface area (Å²) in [4.78, 5) is 0. The Balaban J connectivity index is 2.97. The van der Waals surface area contributed by atoms with E-state index in [1.54, 1.807) is 24.3 Å². The standard InChI is InChI=1S/C9H10ClF2N/c1-13-8(9(11)12)6-4-2-3-5-7(6)10/h2-5,8-9,13H,1H3. The van der Waals surface area contributed by atoms with Crippen molar-refractivity contribution >= 4 is 11.6 Å². The molecule has 0 saturated heterocycles. The summed E-state index contributed by atoms with van der Waals surface area (Å²) in [6.07, 6.45) is -2.45. The van der Waals surface area contributed by atoms with E-state index in [1.807, 2.05) is 0 Å². The Morgan fingerprint density at radius 3 is 2.38 bits per heavy atom. The average molecular weight is 206 g/mol. The zero-order valence-corrected chi connectivity index (χ0v) is 7.85. The number of benzene rings is 1. The molecule has 1 N–H and O–H groups in total. The van der Waals surface area contributed by atoms with E-state index in [-0.39, 0.29) is 0 Å². The molecule has 1 nitrogen and oxygen atoms in total. The number of hydrogen-bond acceptors (Lipinski definition) is 1. The van der Waals surface area contributed by atoms with Crippen molar-refractivity contribution in [1.82, 2.24) is 5.32 Å². The van der Waals surface area contributed by atoms with Gasteiger partial charge in [0.05, 0.1) is 6.04 Å². The Bertz CT molecular complexity index is 278. The first-order valence-corrected chi connectivity index (χ1v) is 4.24. The molecule has 1 aromatic carbocycles. The fraction of sp³-hybridized carbons (Fsp3) is 0.333. The van der Waals surface area contributed by atoms with Gasteiger partial charge in [-0.05, 0) is 18.7 Å². The minimum Gasteiger partial charge on any atom is -0.308 e. The molecule has 0 bridgehead atoms. The van der Waals surface area contributed by atoms with Crippen LogP contribution in [0.3, 0.4) is 0 Å². The summed E-state index contributed by atoms with van der Waals surface area (Å²) in [6.45, 7) is 0. The van der Waals surface area contributed by atoms with Crippen molar-refractivity contribution in [3.8, 4) is 0 Å². The monoisotopic (exact) mass is 205 g/mol. The van der Waals surface area contributed by atoms with E-state index in [2.05, 4.69) is 5.32 Å². The molecule has 4 heteroatoms. The molecule has 1 unspecified atom stereocenters. The molecular weight excluding hydrogens is 196 g/mol. The maximum atomic E-state index is 12.4. The first-order chi connectivity index (χ1) is 6.16. The lowest BCUT2D eigenvalue weighted by Crippen LogP contribution is -2.23. The number of hydrogen-bond donors (Lipinski definition) is 1. The van der Waals surface area contributed by atoms with Crippen molar-refractivity contribution in [1.29, 1.82) is 0 Å². The molecule has 0 fully saturated rings. The number of alkyl halides is 2. The van der Waals surface area contributed by atoms with Crippen LogP contribution in [0.1, 0.15) is 11.6 Å². The number of rotatable bonds is 3. The highest BCUT2D eigenvalue weighted by Crippen LogP contribution is 2.26. The van der Waals surface area contributed by atoms with Crippen LogP contribution in [-0.2, 0) is 0 Å². The second-order valence-corrected chi connectivity index (χ2v) is 3.03. The van der Waals surface area contributed by atoms with Crippen molar-refractivity contribution in [2.75, 3.05) is 7.05 Å². The van der Waals surface area contributed by atoms with Gasteiger partial charge in [0.1, 0.15) is 0 Å². The van der Waals surface area contributed by atoms with Gasteiger partial charge in [0.2, 0.25) is 0 Å². The third kappa shape index (κ3) is 2.39. The van der Waals surface area contributed by atoms with Crippen molar-refractivity contribution in [2.24, 2.45) is 0 Å². The van der Waals surface area contributed by atoms with E-state index < -0.39 is 12.5 Å². The Hall–Kier alpha value is -0.670. The van der Waals surface area contributed by atoms with Gasteiger partial charge in [-0.25, -0.2) is 8.78 Å². The van der Waals surface area contributed by atoms with Crippen LogP contribution in [0.5, 0.6) is 0 Å². The van der Waals surface area contributed by atoms with Gasteiger partial charge in [0.25, 0.3) is 6.43 Å². The minimum atomic E-state index is -2.45. The van der Waals surface area contributed by atoms with Gasteiger partial charge in [0, 0.05) is 5.02 Å². The molecule has 0 radical (unpaired) electrons. The molecule has 1 rings (SSSR count). The maximum absolute atomic E-state index is 12.4. The molecule has 72 valence electrons. The highest BCUT2D eigenvalue weighted by Gasteiger charge is 2.21. The fourth-order valence-corrected chi connectivity index (χ4v) is 1.40. The van der Waals surface area contributed by atoms with Gasteiger partial charge in [-0.2, -0.15) is 0 Å². The summed E-state index contributed by atoms with van der Waals surface area (Å²) < 4.78 is 24.9. The molecule has 0 spiro atoms. The Kier molecular flexibility index (Phi) is 3.63. The van der Waals surface area contributed by atoms with Crippen LogP contribution in [0.4, 0.5) is 8.78 Å². The van der Waals surface area contributed by atoms with Gasteiger partial charge in [-0.15, -0.1) is 0 Å². The fourth-order valence-electron chi connectivity index (χ4n) is 1.14. The normalized spacial score (nSPS) is 13.3. The van der Waals surface area contributed by atoms with Gasteiger partial charge < -0.3 is 5.32 Å². The van der Waals surface area contributed by atoms with Crippen LogP contribution < -0.4 is 5.32 Å². The zero-order chi connectivity index (χ0) is 9.84. The largest absolute Gasteiger partial charge is 0.308 e. The van der Waals surface area contributed by atoms with E-state index in [9.17, 15) is 8.78 Å². The van der Waals surface area contributed by atoms with Gasteiger partial charge in [-0.3, -0.25) is 0 Å². The van der Waals surface area contributed by atoms with Crippen molar-refractivity contribution < 1.29 is 8.78 Å². The SMILES string of the molecule is CNC(c1ccccc1Cl)C(F)F. The topological polar surface area (TPSA) is 12.0 Å². The molecule has 0 heterocycles. The predicted molar refractivity (Wildman–Crippen MR) is 49.3 cm³/mol. The minimum absolute atomic E-state index is 0.363. The highest BCUT2D eigenvalue weighted by molar-refractivity contribution is 6.31. The first-order valence-electron chi connectivity index (χ1n) is 3.86.